The highest BCUT2D eigenvalue weighted by molar-refractivity contribution is 9.10. The van der Waals surface area contributed by atoms with E-state index in [-0.39, 0.29) is 17.6 Å². The molecule has 0 fully saturated rings. The maximum Gasteiger partial charge on any atom is 0.306 e. The molecule has 1 rings (SSSR count). The SMILES string of the molecule is CCc1nn(CC)c(CS(=O)C(C)CC(=O)OC)c1Br. The van der Waals surface area contributed by atoms with E-state index >= 15 is 0 Å². The van der Waals surface area contributed by atoms with Crippen LogP contribution in [0.3, 0.4) is 0 Å². The molecule has 0 amide bonds. The fourth-order valence-electron chi connectivity index (χ4n) is 1.84. The van der Waals surface area contributed by atoms with Crippen LogP contribution in [0.1, 0.15) is 38.6 Å². The maximum absolute atomic E-state index is 12.3. The number of rotatable bonds is 7. The Bertz CT molecular complexity index is 502. The zero-order valence-electron chi connectivity index (χ0n) is 12.3. The summed E-state index contributed by atoms with van der Waals surface area (Å²) in [7, 11) is 0.201. The van der Waals surface area contributed by atoms with Crippen LogP contribution < -0.4 is 0 Å². The van der Waals surface area contributed by atoms with E-state index < -0.39 is 10.8 Å². The highest BCUT2D eigenvalue weighted by Crippen LogP contribution is 2.24. The van der Waals surface area contributed by atoms with Crippen molar-refractivity contribution >= 4 is 32.7 Å². The van der Waals surface area contributed by atoms with E-state index in [9.17, 15) is 9.00 Å². The number of halogens is 1. The van der Waals surface area contributed by atoms with Crippen molar-refractivity contribution in [2.45, 2.75) is 51.2 Å². The molecule has 114 valence electrons. The fourth-order valence-corrected chi connectivity index (χ4v) is 3.90. The van der Waals surface area contributed by atoms with Gasteiger partial charge < -0.3 is 4.74 Å². The van der Waals surface area contributed by atoms with Gasteiger partial charge in [0.1, 0.15) is 0 Å². The monoisotopic (exact) mass is 364 g/mol. The Morgan fingerprint density at radius 1 is 1.50 bits per heavy atom. The number of nitrogens with zero attached hydrogens (tertiary/aromatic N) is 2. The number of carbonyl (C=O) groups excluding carboxylic acids is 1. The van der Waals surface area contributed by atoms with E-state index in [0.29, 0.717) is 5.75 Å². The van der Waals surface area contributed by atoms with Crippen LogP contribution in [0.2, 0.25) is 0 Å². The lowest BCUT2D eigenvalue weighted by Crippen LogP contribution is -2.19. The molecule has 0 aliphatic carbocycles. The average molecular weight is 365 g/mol. The van der Waals surface area contributed by atoms with Crippen LogP contribution >= 0.6 is 15.9 Å². The molecule has 0 aliphatic heterocycles. The molecule has 20 heavy (non-hydrogen) atoms. The summed E-state index contributed by atoms with van der Waals surface area (Å²) in [6.45, 7) is 6.57. The van der Waals surface area contributed by atoms with Crippen LogP contribution in [0.25, 0.3) is 0 Å². The summed E-state index contributed by atoms with van der Waals surface area (Å²) in [6, 6.07) is 0. The number of hydrogen-bond donors (Lipinski definition) is 0. The lowest BCUT2D eigenvalue weighted by atomic mass is 10.3. The van der Waals surface area contributed by atoms with E-state index in [1.165, 1.54) is 7.11 Å². The molecule has 1 heterocycles. The van der Waals surface area contributed by atoms with Gasteiger partial charge in [0.25, 0.3) is 0 Å². The van der Waals surface area contributed by atoms with Gasteiger partial charge in [0.2, 0.25) is 0 Å². The van der Waals surface area contributed by atoms with Gasteiger partial charge in [-0.05, 0) is 29.3 Å². The highest BCUT2D eigenvalue weighted by Gasteiger charge is 2.21. The molecule has 0 N–H and O–H groups in total. The first-order valence-corrected chi connectivity index (χ1v) is 8.80. The summed E-state index contributed by atoms with van der Waals surface area (Å²) in [5.74, 6) is 0.0581. The Kier molecular flexibility index (Phi) is 6.88. The quantitative estimate of drug-likeness (QED) is 0.697. The number of methoxy groups -OCH3 is 1. The summed E-state index contributed by atoms with van der Waals surface area (Å²) in [5, 5.41) is 4.24. The third-order valence-electron chi connectivity index (χ3n) is 3.10. The summed E-state index contributed by atoms with van der Waals surface area (Å²) >= 11 is 3.54. The van der Waals surface area contributed by atoms with Gasteiger partial charge in [-0.25, -0.2) is 0 Å². The third kappa shape index (κ3) is 4.15. The molecule has 0 spiro atoms. The van der Waals surface area contributed by atoms with Gasteiger partial charge in [-0.1, -0.05) is 13.8 Å². The van der Waals surface area contributed by atoms with Crippen LogP contribution in [-0.2, 0) is 39.0 Å². The molecule has 0 saturated carbocycles. The minimum atomic E-state index is -1.14. The molecule has 7 heteroatoms. The third-order valence-corrected chi connectivity index (χ3v) is 5.64. The van der Waals surface area contributed by atoms with Gasteiger partial charge in [-0.3, -0.25) is 13.7 Å². The van der Waals surface area contributed by atoms with Gasteiger partial charge >= 0.3 is 5.97 Å². The first-order chi connectivity index (χ1) is 9.44. The molecule has 0 aromatic carbocycles. The standard InChI is InChI=1S/C13H21BrN2O3S/c1-5-10-13(14)11(16(6-2)15-10)8-20(18)9(3)7-12(17)19-4/h9H,5-8H2,1-4H3. The molecule has 5 nitrogen and oxygen atoms in total. The molecular formula is C13H21BrN2O3S. The zero-order chi connectivity index (χ0) is 15.3. The van der Waals surface area contributed by atoms with E-state index in [4.69, 9.17) is 0 Å². The average Bonchev–Trinajstić information content (AvgIpc) is 2.74. The molecule has 2 unspecified atom stereocenters. The first-order valence-electron chi connectivity index (χ1n) is 6.62. The van der Waals surface area contributed by atoms with Crippen molar-refractivity contribution in [3.05, 3.63) is 15.9 Å². The summed E-state index contributed by atoms with van der Waals surface area (Å²) in [6.07, 6.45) is 0.993. The lowest BCUT2D eigenvalue weighted by molar-refractivity contribution is -0.140. The smallest absolute Gasteiger partial charge is 0.306 e. The van der Waals surface area contributed by atoms with Crippen molar-refractivity contribution in [2.75, 3.05) is 7.11 Å². The number of aromatic nitrogens is 2. The number of hydrogen-bond acceptors (Lipinski definition) is 4. The van der Waals surface area contributed by atoms with Gasteiger partial charge in [0.15, 0.2) is 0 Å². The second-order valence-corrected chi connectivity index (χ2v) is 7.14. The maximum atomic E-state index is 12.3. The van der Waals surface area contributed by atoms with Gasteiger partial charge in [0, 0.05) is 22.6 Å². The molecule has 0 aliphatic rings. The van der Waals surface area contributed by atoms with Gasteiger partial charge in [0.05, 0.1) is 35.1 Å². The molecule has 1 aromatic heterocycles. The highest BCUT2D eigenvalue weighted by atomic mass is 79.9. The lowest BCUT2D eigenvalue weighted by Gasteiger charge is -2.11. The Morgan fingerprint density at radius 2 is 2.15 bits per heavy atom. The number of aryl methyl sites for hydroxylation is 2. The van der Waals surface area contributed by atoms with Crippen molar-refractivity contribution in [3.63, 3.8) is 0 Å². The predicted octanol–water partition coefficient (Wildman–Crippen LogP) is 2.43. The Morgan fingerprint density at radius 3 is 2.65 bits per heavy atom. The van der Waals surface area contributed by atoms with Crippen LogP contribution in [0.4, 0.5) is 0 Å². The Balaban J connectivity index is 2.84. The van der Waals surface area contributed by atoms with Crippen molar-refractivity contribution in [1.29, 1.82) is 0 Å². The summed E-state index contributed by atoms with van der Waals surface area (Å²) < 4.78 is 19.7. The molecular weight excluding hydrogens is 344 g/mol. The van der Waals surface area contributed by atoms with Crippen LogP contribution in [0.15, 0.2) is 4.47 Å². The second-order valence-electron chi connectivity index (χ2n) is 4.49. The number of carbonyl (C=O) groups is 1. The largest absolute Gasteiger partial charge is 0.469 e. The predicted molar refractivity (Wildman–Crippen MR) is 82.9 cm³/mol. The number of esters is 1. The van der Waals surface area contributed by atoms with Gasteiger partial charge in [-0.2, -0.15) is 5.10 Å². The molecule has 0 bridgehead atoms. The van der Waals surface area contributed by atoms with Crippen LogP contribution in [-0.4, -0.2) is 32.3 Å². The van der Waals surface area contributed by atoms with Crippen molar-refractivity contribution in [3.8, 4) is 0 Å². The van der Waals surface area contributed by atoms with Crippen molar-refractivity contribution in [1.82, 2.24) is 9.78 Å². The van der Waals surface area contributed by atoms with Gasteiger partial charge in [-0.15, -0.1) is 0 Å². The Hall–Kier alpha value is -0.690. The first kappa shape index (κ1) is 17.4. The van der Waals surface area contributed by atoms with Crippen molar-refractivity contribution < 1.29 is 13.7 Å². The van der Waals surface area contributed by atoms with E-state index in [2.05, 4.69) is 25.8 Å². The van der Waals surface area contributed by atoms with Crippen molar-refractivity contribution in [2.24, 2.45) is 0 Å². The normalized spacial score (nSPS) is 14.1. The van der Waals surface area contributed by atoms with E-state index in [1.807, 2.05) is 18.5 Å². The molecule has 2 atom stereocenters. The van der Waals surface area contributed by atoms with E-state index in [1.54, 1.807) is 6.92 Å². The Labute approximate surface area is 130 Å². The molecule has 0 saturated heterocycles. The van der Waals surface area contributed by atoms with Crippen LogP contribution in [0, 0.1) is 0 Å². The summed E-state index contributed by atoms with van der Waals surface area (Å²) in [4.78, 5) is 11.2. The second kappa shape index (κ2) is 7.93. The molecule has 0 radical (unpaired) electrons. The minimum absolute atomic E-state index is 0.168. The fraction of sp³-hybridized carbons (Fsp3) is 0.692. The van der Waals surface area contributed by atoms with Crippen LogP contribution in [0.5, 0.6) is 0 Å². The number of ether oxygens (including phenoxy) is 1. The minimum Gasteiger partial charge on any atom is -0.469 e. The molecule has 1 aromatic rings. The zero-order valence-corrected chi connectivity index (χ0v) is 14.7. The topological polar surface area (TPSA) is 61.2 Å². The van der Waals surface area contributed by atoms with E-state index in [0.717, 1.165) is 28.8 Å². The summed E-state index contributed by atoms with van der Waals surface area (Å²) in [5.41, 5.74) is 1.90.